The summed E-state index contributed by atoms with van der Waals surface area (Å²) in [5.41, 5.74) is 1.73. The largest absolute Gasteiger partial charge is 0.479 e. The van der Waals surface area contributed by atoms with Crippen LogP contribution >= 0.6 is 15.9 Å². The SMILES string of the molecule is CCc1ccc(C(=O)C(C)Oc2cc(Br)ccc2F)cc1. The van der Waals surface area contributed by atoms with Crippen molar-refractivity contribution in [2.24, 2.45) is 0 Å². The van der Waals surface area contributed by atoms with Gasteiger partial charge in [-0.1, -0.05) is 47.1 Å². The van der Waals surface area contributed by atoms with E-state index in [9.17, 15) is 9.18 Å². The predicted molar refractivity (Wildman–Crippen MR) is 84.3 cm³/mol. The molecule has 0 radical (unpaired) electrons. The Hall–Kier alpha value is -1.68. The van der Waals surface area contributed by atoms with Gasteiger partial charge in [-0.2, -0.15) is 0 Å². The average molecular weight is 351 g/mol. The molecule has 2 rings (SSSR count). The zero-order chi connectivity index (χ0) is 15.4. The molecule has 0 saturated heterocycles. The standard InChI is InChI=1S/C17H16BrFO2/c1-3-12-4-6-13(7-5-12)17(20)11(2)21-16-10-14(18)8-9-15(16)19/h4-11H,3H2,1-2H3. The zero-order valence-corrected chi connectivity index (χ0v) is 13.5. The molecule has 110 valence electrons. The van der Waals surface area contributed by atoms with Crippen molar-refractivity contribution in [3.8, 4) is 5.75 Å². The number of benzene rings is 2. The molecule has 4 heteroatoms. The van der Waals surface area contributed by atoms with Gasteiger partial charge in [0.05, 0.1) is 0 Å². The summed E-state index contributed by atoms with van der Waals surface area (Å²) < 4.78 is 19.8. The van der Waals surface area contributed by atoms with E-state index < -0.39 is 11.9 Å². The third-order valence-corrected chi connectivity index (χ3v) is 3.71. The molecule has 0 amide bonds. The zero-order valence-electron chi connectivity index (χ0n) is 11.9. The van der Waals surface area contributed by atoms with E-state index in [-0.39, 0.29) is 11.5 Å². The molecule has 0 fully saturated rings. The second-order valence-corrected chi connectivity index (χ2v) is 5.67. The summed E-state index contributed by atoms with van der Waals surface area (Å²) in [6, 6.07) is 11.8. The third-order valence-electron chi connectivity index (χ3n) is 3.21. The molecule has 0 N–H and O–H groups in total. The monoisotopic (exact) mass is 350 g/mol. The van der Waals surface area contributed by atoms with Crippen LogP contribution < -0.4 is 4.74 Å². The molecule has 0 aromatic heterocycles. The van der Waals surface area contributed by atoms with Crippen molar-refractivity contribution in [3.63, 3.8) is 0 Å². The van der Waals surface area contributed by atoms with Crippen LogP contribution in [0.2, 0.25) is 0 Å². The lowest BCUT2D eigenvalue weighted by molar-refractivity contribution is 0.0812. The van der Waals surface area contributed by atoms with Gasteiger partial charge in [0.25, 0.3) is 0 Å². The molecule has 1 atom stereocenters. The summed E-state index contributed by atoms with van der Waals surface area (Å²) in [5, 5.41) is 0. The second kappa shape index (κ2) is 6.85. The molecule has 2 aromatic rings. The number of halogens is 2. The molecule has 2 aromatic carbocycles. The van der Waals surface area contributed by atoms with E-state index in [0.29, 0.717) is 10.0 Å². The fourth-order valence-electron chi connectivity index (χ4n) is 1.95. The number of ether oxygens (including phenoxy) is 1. The first-order valence-corrected chi connectivity index (χ1v) is 7.55. The molecule has 0 bridgehead atoms. The summed E-state index contributed by atoms with van der Waals surface area (Å²) in [4.78, 5) is 12.3. The fraction of sp³-hybridized carbons (Fsp3) is 0.235. The van der Waals surface area contributed by atoms with Crippen LogP contribution in [0.4, 0.5) is 4.39 Å². The van der Waals surface area contributed by atoms with Gasteiger partial charge in [-0.15, -0.1) is 0 Å². The number of ketones is 1. The number of hydrogen-bond acceptors (Lipinski definition) is 2. The van der Waals surface area contributed by atoms with Crippen molar-refractivity contribution in [3.05, 3.63) is 63.9 Å². The van der Waals surface area contributed by atoms with Crippen LogP contribution in [0.1, 0.15) is 29.8 Å². The second-order valence-electron chi connectivity index (χ2n) is 4.75. The van der Waals surface area contributed by atoms with E-state index in [1.165, 1.54) is 12.1 Å². The quantitative estimate of drug-likeness (QED) is 0.724. The van der Waals surface area contributed by atoms with Gasteiger partial charge in [0.1, 0.15) is 0 Å². The molecule has 1 unspecified atom stereocenters. The Morgan fingerprint density at radius 1 is 1.24 bits per heavy atom. The van der Waals surface area contributed by atoms with E-state index in [1.807, 2.05) is 12.1 Å². The van der Waals surface area contributed by atoms with E-state index in [0.717, 1.165) is 12.0 Å². The molecule has 0 aliphatic rings. The van der Waals surface area contributed by atoms with Gasteiger partial charge in [0.2, 0.25) is 5.78 Å². The molecule has 0 saturated carbocycles. The maximum Gasteiger partial charge on any atom is 0.202 e. The molecule has 0 aliphatic carbocycles. The topological polar surface area (TPSA) is 26.3 Å². The van der Waals surface area contributed by atoms with E-state index in [4.69, 9.17) is 4.74 Å². The van der Waals surface area contributed by atoms with E-state index in [2.05, 4.69) is 22.9 Å². The maximum atomic E-state index is 13.6. The van der Waals surface area contributed by atoms with Gasteiger partial charge in [-0.25, -0.2) is 4.39 Å². The number of rotatable bonds is 5. The van der Waals surface area contributed by atoms with Gasteiger partial charge in [-0.05, 0) is 37.1 Å². The van der Waals surface area contributed by atoms with Crippen molar-refractivity contribution >= 4 is 21.7 Å². The summed E-state index contributed by atoms with van der Waals surface area (Å²) in [5.74, 6) is -0.591. The summed E-state index contributed by atoms with van der Waals surface area (Å²) in [6.07, 6.45) is 0.172. The minimum atomic E-state index is -0.749. The van der Waals surface area contributed by atoms with Crippen molar-refractivity contribution in [2.75, 3.05) is 0 Å². The molecule has 2 nitrogen and oxygen atoms in total. The first kappa shape index (κ1) is 15.7. The fourth-order valence-corrected chi connectivity index (χ4v) is 2.29. The maximum absolute atomic E-state index is 13.6. The Labute approximate surface area is 132 Å². The molecule has 21 heavy (non-hydrogen) atoms. The smallest absolute Gasteiger partial charge is 0.202 e. The van der Waals surface area contributed by atoms with E-state index >= 15 is 0 Å². The van der Waals surface area contributed by atoms with Crippen molar-refractivity contribution in [2.45, 2.75) is 26.4 Å². The molecule has 0 aliphatic heterocycles. The first-order chi connectivity index (χ1) is 10.0. The van der Waals surface area contributed by atoms with Crippen molar-refractivity contribution in [1.29, 1.82) is 0 Å². The Morgan fingerprint density at radius 3 is 2.52 bits per heavy atom. The molecular formula is C17H16BrFO2. The predicted octanol–water partition coefficient (Wildman–Crippen LogP) is 4.80. The third kappa shape index (κ3) is 3.91. The summed E-state index contributed by atoms with van der Waals surface area (Å²) in [7, 11) is 0. The lowest BCUT2D eigenvalue weighted by Crippen LogP contribution is -2.24. The van der Waals surface area contributed by atoms with Gasteiger partial charge in [0.15, 0.2) is 17.7 Å². The minimum absolute atomic E-state index is 0.0652. The lowest BCUT2D eigenvalue weighted by atomic mass is 10.0. The Morgan fingerprint density at radius 2 is 1.90 bits per heavy atom. The Balaban J connectivity index is 2.13. The highest BCUT2D eigenvalue weighted by atomic mass is 79.9. The van der Waals surface area contributed by atoms with Gasteiger partial charge < -0.3 is 4.74 Å². The van der Waals surface area contributed by atoms with Crippen LogP contribution in [-0.2, 0) is 6.42 Å². The van der Waals surface area contributed by atoms with Gasteiger partial charge in [0, 0.05) is 10.0 Å². The van der Waals surface area contributed by atoms with Gasteiger partial charge >= 0.3 is 0 Å². The Kier molecular flexibility index (Phi) is 5.12. The normalized spacial score (nSPS) is 12.0. The number of Topliss-reactive ketones (excluding diaryl/α,β-unsaturated/α-hetero) is 1. The van der Waals surface area contributed by atoms with Crippen molar-refractivity contribution < 1.29 is 13.9 Å². The number of carbonyl (C=O) groups excluding carboxylic acids is 1. The molecule has 0 heterocycles. The highest BCUT2D eigenvalue weighted by Crippen LogP contribution is 2.24. The number of hydrogen-bond donors (Lipinski definition) is 0. The minimum Gasteiger partial charge on any atom is -0.479 e. The first-order valence-electron chi connectivity index (χ1n) is 6.76. The molecule has 0 spiro atoms. The number of carbonyl (C=O) groups is 1. The number of aryl methyl sites for hydroxylation is 1. The van der Waals surface area contributed by atoms with Crippen LogP contribution in [-0.4, -0.2) is 11.9 Å². The average Bonchev–Trinajstić information content (AvgIpc) is 2.50. The van der Waals surface area contributed by atoms with E-state index in [1.54, 1.807) is 25.1 Å². The van der Waals surface area contributed by atoms with Crippen LogP contribution in [0, 0.1) is 5.82 Å². The summed E-state index contributed by atoms with van der Waals surface area (Å²) in [6.45, 7) is 3.68. The molecular weight excluding hydrogens is 335 g/mol. The summed E-state index contributed by atoms with van der Waals surface area (Å²) >= 11 is 3.25. The highest BCUT2D eigenvalue weighted by Gasteiger charge is 2.18. The Bertz CT molecular complexity index is 638. The van der Waals surface area contributed by atoms with Crippen LogP contribution in [0.25, 0.3) is 0 Å². The van der Waals surface area contributed by atoms with Crippen LogP contribution in [0.15, 0.2) is 46.9 Å². The van der Waals surface area contributed by atoms with Crippen LogP contribution in [0.3, 0.4) is 0 Å². The van der Waals surface area contributed by atoms with Gasteiger partial charge in [-0.3, -0.25) is 4.79 Å². The van der Waals surface area contributed by atoms with Crippen molar-refractivity contribution in [1.82, 2.24) is 0 Å². The van der Waals surface area contributed by atoms with Crippen LogP contribution in [0.5, 0.6) is 5.75 Å². The lowest BCUT2D eigenvalue weighted by Gasteiger charge is -2.14. The highest BCUT2D eigenvalue weighted by molar-refractivity contribution is 9.10.